The van der Waals surface area contributed by atoms with Crippen molar-refractivity contribution in [3.8, 4) is 5.75 Å². The van der Waals surface area contributed by atoms with Gasteiger partial charge in [0, 0.05) is 37.9 Å². The number of ether oxygens (including phenoxy) is 2. The van der Waals surface area contributed by atoms with Crippen molar-refractivity contribution in [3.05, 3.63) is 58.1 Å². The molecule has 0 aromatic heterocycles. The van der Waals surface area contributed by atoms with Crippen molar-refractivity contribution >= 4 is 34.8 Å². The number of nitrogens with one attached hydrogen (secondary N) is 1. The molecular formula is C20H23Cl2N3O3. The smallest absolute Gasteiger partial charge is 0.258 e. The summed E-state index contributed by atoms with van der Waals surface area (Å²) in [6, 6.07) is 12.6. The summed E-state index contributed by atoms with van der Waals surface area (Å²) in [5.74, 6) is 0.365. The van der Waals surface area contributed by atoms with Crippen LogP contribution in [-0.2, 0) is 16.1 Å². The van der Waals surface area contributed by atoms with Gasteiger partial charge in [0.1, 0.15) is 5.75 Å². The maximum atomic E-state index is 12.0. The van der Waals surface area contributed by atoms with E-state index >= 15 is 0 Å². The quantitative estimate of drug-likeness (QED) is 0.669. The number of morpholine rings is 1. The molecule has 28 heavy (non-hydrogen) atoms. The lowest BCUT2D eigenvalue weighted by Crippen LogP contribution is -2.47. The molecule has 0 saturated carbocycles. The maximum Gasteiger partial charge on any atom is 0.258 e. The largest absolute Gasteiger partial charge is 0.484 e. The van der Waals surface area contributed by atoms with Gasteiger partial charge in [0.15, 0.2) is 6.61 Å². The van der Waals surface area contributed by atoms with Crippen molar-refractivity contribution in [1.82, 2.24) is 10.2 Å². The van der Waals surface area contributed by atoms with Crippen LogP contribution in [0, 0.1) is 0 Å². The molecular weight excluding hydrogens is 401 g/mol. The minimum absolute atomic E-state index is 0.0663. The van der Waals surface area contributed by atoms with Crippen LogP contribution in [0.4, 0.5) is 5.69 Å². The van der Waals surface area contributed by atoms with Crippen LogP contribution in [0.25, 0.3) is 0 Å². The summed E-state index contributed by atoms with van der Waals surface area (Å²) in [6.07, 6.45) is -0.0761. The van der Waals surface area contributed by atoms with Gasteiger partial charge in [0.25, 0.3) is 5.91 Å². The summed E-state index contributed by atoms with van der Waals surface area (Å²) >= 11 is 12.1. The molecule has 1 saturated heterocycles. The van der Waals surface area contributed by atoms with Crippen molar-refractivity contribution < 1.29 is 14.3 Å². The van der Waals surface area contributed by atoms with E-state index in [1.54, 1.807) is 30.3 Å². The molecule has 1 fully saturated rings. The Hall–Kier alpha value is -1.99. The standard InChI is InChI=1S/C20H23Cl2N3O3/c21-18-5-4-14(8-19(18)22)11-25-6-7-27-17(12-25)10-24-20(26)13-28-16-3-1-2-15(23)9-16/h1-5,8-9,17H,6-7,10-13,23H2,(H,24,26). The van der Waals surface area contributed by atoms with Gasteiger partial charge in [-0.25, -0.2) is 0 Å². The topological polar surface area (TPSA) is 76.8 Å². The van der Waals surface area contributed by atoms with Crippen LogP contribution >= 0.6 is 23.2 Å². The first kappa shape index (κ1) is 20.7. The Morgan fingerprint density at radius 2 is 2.11 bits per heavy atom. The van der Waals surface area contributed by atoms with Crippen molar-refractivity contribution in [1.29, 1.82) is 0 Å². The number of anilines is 1. The highest BCUT2D eigenvalue weighted by Crippen LogP contribution is 2.23. The fourth-order valence-electron chi connectivity index (χ4n) is 2.98. The SMILES string of the molecule is Nc1cccc(OCC(=O)NCC2CN(Cc3ccc(Cl)c(Cl)c3)CCO2)c1. The molecule has 3 rings (SSSR count). The Morgan fingerprint density at radius 3 is 2.89 bits per heavy atom. The highest BCUT2D eigenvalue weighted by molar-refractivity contribution is 6.42. The predicted octanol–water partition coefficient (Wildman–Crippen LogP) is 2.97. The van der Waals surface area contributed by atoms with E-state index in [1.807, 2.05) is 12.1 Å². The minimum atomic E-state index is -0.201. The number of carbonyl (C=O) groups excluding carboxylic acids is 1. The van der Waals surface area contributed by atoms with Crippen LogP contribution in [0.5, 0.6) is 5.75 Å². The predicted molar refractivity (Wildman–Crippen MR) is 111 cm³/mol. The molecule has 0 aliphatic carbocycles. The monoisotopic (exact) mass is 423 g/mol. The molecule has 1 unspecified atom stereocenters. The lowest BCUT2D eigenvalue weighted by atomic mass is 10.2. The maximum absolute atomic E-state index is 12.0. The second-order valence-electron chi connectivity index (χ2n) is 6.64. The zero-order valence-electron chi connectivity index (χ0n) is 15.4. The summed E-state index contributed by atoms with van der Waals surface area (Å²) in [5.41, 5.74) is 7.37. The lowest BCUT2D eigenvalue weighted by Gasteiger charge is -2.33. The van der Waals surface area contributed by atoms with E-state index in [4.69, 9.17) is 38.4 Å². The molecule has 2 aromatic carbocycles. The van der Waals surface area contributed by atoms with E-state index < -0.39 is 0 Å². The van der Waals surface area contributed by atoms with Crippen LogP contribution in [0.3, 0.4) is 0 Å². The number of rotatable bonds is 7. The normalized spacial score (nSPS) is 17.3. The van der Waals surface area contributed by atoms with Gasteiger partial charge in [-0.05, 0) is 29.8 Å². The van der Waals surface area contributed by atoms with E-state index in [1.165, 1.54) is 0 Å². The number of benzene rings is 2. The first-order valence-corrected chi connectivity index (χ1v) is 9.78. The van der Waals surface area contributed by atoms with Crippen molar-refractivity contribution in [2.24, 2.45) is 0 Å². The van der Waals surface area contributed by atoms with E-state index in [-0.39, 0.29) is 18.6 Å². The van der Waals surface area contributed by atoms with Crippen LogP contribution in [0.2, 0.25) is 10.0 Å². The number of hydrogen-bond acceptors (Lipinski definition) is 5. The van der Waals surface area contributed by atoms with Gasteiger partial charge in [-0.15, -0.1) is 0 Å². The Balaban J connectivity index is 1.41. The molecule has 6 nitrogen and oxygen atoms in total. The number of halogens is 2. The third kappa shape index (κ3) is 6.27. The summed E-state index contributed by atoms with van der Waals surface area (Å²) in [5, 5.41) is 3.95. The molecule has 1 aliphatic rings. The zero-order chi connectivity index (χ0) is 19.9. The van der Waals surface area contributed by atoms with Gasteiger partial charge >= 0.3 is 0 Å². The van der Waals surface area contributed by atoms with Crippen molar-refractivity contribution in [3.63, 3.8) is 0 Å². The number of nitrogens with zero attached hydrogens (tertiary/aromatic N) is 1. The fourth-order valence-corrected chi connectivity index (χ4v) is 3.30. The molecule has 1 heterocycles. The molecule has 150 valence electrons. The number of hydrogen-bond donors (Lipinski definition) is 2. The molecule has 2 aromatic rings. The first-order valence-electron chi connectivity index (χ1n) is 9.02. The third-order valence-electron chi connectivity index (χ3n) is 4.37. The number of nitrogen functional groups attached to an aromatic ring is 1. The second-order valence-corrected chi connectivity index (χ2v) is 7.46. The van der Waals surface area contributed by atoms with E-state index in [0.717, 1.165) is 25.2 Å². The number of carbonyl (C=O) groups is 1. The van der Waals surface area contributed by atoms with Crippen LogP contribution < -0.4 is 15.8 Å². The van der Waals surface area contributed by atoms with Crippen LogP contribution in [-0.4, -0.2) is 49.8 Å². The average Bonchev–Trinajstić information content (AvgIpc) is 2.68. The van der Waals surface area contributed by atoms with Gasteiger partial charge in [0.2, 0.25) is 0 Å². The Labute approximate surface area is 174 Å². The Morgan fingerprint density at radius 1 is 1.25 bits per heavy atom. The Kier molecular flexibility index (Phi) is 7.39. The van der Waals surface area contributed by atoms with E-state index in [2.05, 4.69) is 10.2 Å². The van der Waals surface area contributed by atoms with Crippen molar-refractivity contribution in [2.45, 2.75) is 12.6 Å². The number of nitrogens with two attached hydrogens (primary N) is 1. The molecule has 1 aliphatic heterocycles. The Bertz CT molecular complexity index is 819. The highest BCUT2D eigenvalue weighted by Gasteiger charge is 2.21. The summed E-state index contributed by atoms with van der Waals surface area (Å²) in [7, 11) is 0. The van der Waals surface area contributed by atoms with Gasteiger partial charge in [-0.1, -0.05) is 35.3 Å². The number of amides is 1. The molecule has 1 amide bonds. The molecule has 0 bridgehead atoms. The fraction of sp³-hybridized carbons (Fsp3) is 0.350. The second kappa shape index (κ2) is 9.98. The minimum Gasteiger partial charge on any atom is -0.484 e. The molecule has 0 spiro atoms. The van der Waals surface area contributed by atoms with Crippen LogP contribution in [0.1, 0.15) is 5.56 Å². The van der Waals surface area contributed by atoms with Gasteiger partial charge in [-0.2, -0.15) is 0 Å². The third-order valence-corrected chi connectivity index (χ3v) is 5.11. The zero-order valence-corrected chi connectivity index (χ0v) is 16.9. The molecule has 3 N–H and O–H groups in total. The van der Waals surface area contributed by atoms with Gasteiger partial charge in [-0.3, -0.25) is 9.69 Å². The lowest BCUT2D eigenvalue weighted by molar-refractivity contribution is -0.124. The molecule has 8 heteroatoms. The summed E-state index contributed by atoms with van der Waals surface area (Å²) in [6.45, 7) is 3.27. The molecule has 0 radical (unpaired) electrons. The van der Waals surface area contributed by atoms with Crippen LogP contribution in [0.15, 0.2) is 42.5 Å². The highest BCUT2D eigenvalue weighted by atomic mass is 35.5. The first-order chi connectivity index (χ1) is 13.5. The molecule has 1 atom stereocenters. The van der Waals surface area contributed by atoms with E-state index in [9.17, 15) is 4.79 Å². The van der Waals surface area contributed by atoms with E-state index in [0.29, 0.717) is 34.6 Å². The average molecular weight is 424 g/mol. The van der Waals surface area contributed by atoms with Gasteiger partial charge in [0.05, 0.1) is 22.8 Å². The van der Waals surface area contributed by atoms with Crippen molar-refractivity contribution in [2.75, 3.05) is 38.6 Å². The summed E-state index contributed by atoms with van der Waals surface area (Å²) < 4.78 is 11.2. The van der Waals surface area contributed by atoms with Gasteiger partial charge < -0.3 is 20.5 Å². The summed E-state index contributed by atoms with van der Waals surface area (Å²) in [4.78, 5) is 14.3.